The highest BCUT2D eigenvalue weighted by atomic mass is 16.6. The number of ether oxygens (including phenoxy) is 2. The van der Waals surface area contributed by atoms with Crippen molar-refractivity contribution < 1.29 is 19.1 Å². The third-order valence-electron chi connectivity index (χ3n) is 4.76. The summed E-state index contributed by atoms with van der Waals surface area (Å²) in [6.07, 6.45) is 0. The van der Waals surface area contributed by atoms with Crippen LogP contribution in [0.25, 0.3) is 0 Å². The molecular formula is C23H29N3O4. The lowest BCUT2D eigenvalue weighted by Crippen LogP contribution is -2.56. The summed E-state index contributed by atoms with van der Waals surface area (Å²) in [6.45, 7) is 12.3. The Morgan fingerprint density at radius 1 is 0.967 bits per heavy atom. The predicted molar refractivity (Wildman–Crippen MR) is 116 cm³/mol. The number of carbonyl (C=O) groups is 2. The van der Waals surface area contributed by atoms with Crippen LogP contribution in [-0.2, 0) is 0 Å². The number of amides is 3. The van der Waals surface area contributed by atoms with Gasteiger partial charge in [0.05, 0.1) is 5.54 Å². The third kappa shape index (κ3) is 4.67. The molecule has 160 valence electrons. The van der Waals surface area contributed by atoms with Crippen molar-refractivity contribution in [2.75, 3.05) is 18.5 Å². The van der Waals surface area contributed by atoms with Crippen molar-refractivity contribution in [2.24, 2.45) is 0 Å². The van der Waals surface area contributed by atoms with E-state index in [1.54, 1.807) is 12.1 Å². The van der Waals surface area contributed by atoms with E-state index in [9.17, 15) is 9.59 Å². The summed E-state index contributed by atoms with van der Waals surface area (Å²) in [6, 6.07) is 8.65. The number of anilines is 1. The second kappa shape index (κ2) is 8.26. The zero-order valence-corrected chi connectivity index (χ0v) is 18.4. The number of fused-ring (bicyclic) bond motifs is 1. The van der Waals surface area contributed by atoms with Gasteiger partial charge in [-0.25, -0.2) is 15.2 Å². The van der Waals surface area contributed by atoms with E-state index in [2.05, 4.69) is 10.7 Å². The van der Waals surface area contributed by atoms with Crippen LogP contribution in [0.15, 0.2) is 30.3 Å². The van der Waals surface area contributed by atoms with Gasteiger partial charge in [0.15, 0.2) is 11.5 Å². The predicted octanol–water partition coefficient (Wildman–Crippen LogP) is 4.36. The van der Waals surface area contributed by atoms with Crippen LogP contribution in [0.5, 0.6) is 11.5 Å². The first-order valence-corrected chi connectivity index (χ1v) is 9.96. The van der Waals surface area contributed by atoms with Crippen molar-refractivity contribution in [2.45, 2.75) is 47.1 Å². The van der Waals surface area contributed by atoms with E-state index in [1.165, 1.54) is 5.01 Å². The molecule has 7 nitrogen and oxygen atoms in total. The summed E-state index contributed by atoms with van der Waals surface area (Å²) >= 11 is 0. The number of carbonyl (C=O) groups excluding carboxylic acids is 2. The number of benzene rings is 2. The normalized spacial score (nSPS) is 12.9. The van der Waals surface area contributed by atoms with Crippen LogP contribution in [0.3, 0.4) is 0 Å². The Morgan fingerprint density at radius 3 is 2.23 bits per heavy atom. The van der Waals surface area contributed by atoms with Gasteiger partial charge >= 0.3 is 6.03 Å². The molecule has 1 aliphatic heterocycles. The minimum absolute atomic E-state index is 0.275. The molecule has 30 heavy (non-hydrogen) atoms. The van der Waals surface area contributed by atoms with Gasteiger partial charge in [-0.15, -0.1) is 0 Å². The quantitative estimate of drug-likeness (QED) is 0.720. The molecule has 0 saturated heterocycles. The van der Waals surface area contributed by atoms with Crippen molar-refractivity contribution in [1.82, 2.24) is 10.4 Å². The van der Waals surface area contributed by atoms with Crippen LogP contribution < -0.4 is 20.2 Å². The molecule has 0 aromatic heterocycles. The van der Waals surface area contributed by atoms with E-state index in [0.29, 0.717) is 36.0 Å². The standard InChI is InChI=1S/C23H29N3O4/c1-14-11-15(2)13-17(12-14)21(27)26(23(4,5)6)25-22(28)24-18-7-8-19-20(16(18)3)30-10-9-29-19/h7-8,11-13H,9-10H2,1-6H3,(H2,24,25,28). The van der Waals surface area contributed by atoms with Crippen molar-refractivity contribution in [1.29, 1.82) is 0 Å². The van der Waals surface area contributed by atoms with Gasteiger partial charge in [0.1, 0.15) is 13.2 Å². The molecule has 1 heterocycles. The van der Waals surface area contributed by atoms with Crippen LogP contribution in [0.1, 0.15) is 47.8 Å². The Bertz CT molecular complexity index is 959. The van der Waals surface area contributed by atoms with Gasteiger partial charge < -0.3 is 14.8 Å². The van der Waals surface area contributed by atoms with Crippen LogP contribution in [-0.4, -0.2) is 35.7 Å². The molecule has 0 atom stereocenters. The number of nitrogens with one attached hydrogen (secondary N) is 2. The summed E-state index contributed by atoms with van der Waals surface area (Å²) in [7, 11) is 0. The van der Waals surface area contributed by atoms with Gasteiger partial charge in [-0.1, -0.05) is 17.2 Å². The lowest BCUT2D eigenvalue weighted by Gasteiger charge is -2.35. The fraction of sp³-hybridized carbons (Fsp3) is 0.391. The molecule has 0 fully saturated rings. The van der Waals surface area contributed by atoms with Gasteiger partial charge in [-0.05, 0) is 65.8 Å². The zero-order chi connectivity index (χ0) is 22.1. The molecule has 2 N–H and O–H groups in total. The number of nitrogens with zero attached hydrogens (tertiary/aromatic N) is 1. The highest BCUT2D eigenvalue weighted by molar-refractivity contribution is 5.98. The van der Waals surface area contributed by atoms with Crippen LogP contribution in [0, 0.1) is 20.8 Å². The second-order valence-corrected chi connectivity index (χ2v) is 8.52. The van der Waals surface area contributed by atoms with E-state index < -0.39 is 11.6 Å². The molecule has 2 aromatic carbocycles. The SMILES string of the molecule is Cc1cc(C)cc(C(=O)N(NC(=O)Nc2ccc3c(c2C)OCCO3)C(C)(C)C)c1. The number of hydrazine groups is 1. The van der Waals surface area contributed by atoms with Crippen LogP contribution >= 0.6 is 0 Å². The number of hydrogen-bond acceptors (Lipinski definition) is 4. The first-order valence-electron chi connectivity index (χ1n) is 9.96. The van der Waals surface area contributed by atoms with Gasteiger partial charge in [0.2, 0.25) is 0 Å². The molecule has 0 unspecified atom stereocenters. The van der Waals surface area contributed by atoms with Crippen molar-refractivity contribution in [3.8, 4) is 11.5 Å². The maximum absolute atomic E-state index is 13.2. The number of urea groups is 1. The average molecular weight is 412 g/mol. The van der Waals surface area contributed by atoms with E-state index in [0.717, 1.165) is 16.7 Å². The lowest BCUT2D eigenvalue weighted by atomic mass is 10.0. The van der Waals surface area contributed by atoms with Crippen LogP contribution in [0.4, 0.5) is 10.5 Å². The summed E-state index contributed by atoms with van der Waals surface area (Å²) < 4.78 is 11.2. The molecule has 3 amide bonds. The summed E-state index contributed by atoms with van der Waals surface area (Å²) in [4.78, 5) is 26.0. The summed E-state index contributed by atoms with van der Waals surface area (Å²) in [5, 5.41) is 4.16. The molecule has 0 saturated carbocycles. The zero-order valence-electron chi connectivity index (χ0n) is 18.4. The minimum Gasteiger partial charge on any atom is -0.486 e. The molecular weight excluding hydrogens is 382 g/mol. The Hall–Kier alpha value is -3.22. The van der Waals surface area contributed by atoms with E-state index >= 15 is 0 Å². The highest BCUT2D eigenvalue weighted by Gasteiger charge is 2.30. The first-order chi connectivity index (χ1) is 14.1. The van der Waals surface area contributed by atoms with Gasteiger partial charge in [0.25, 0.3) is 5.91 Å². The lowest BCUT2D eigenvalue weighted by molar-refractivity contribution is 0.0460. The highest BCUT2D eigenvalue weighted by Crippen LogP contribution is 2.37. The molecule has 0 bridgehead atoms. The third-order valence-corrected chi connectivity index (χ3v) is 4.76. The molecule has 7 heteroatoms. The molecule has 1 aliphatic rings. The Balaban J connectivity index is 1.80. The average Bonchev–Trinajstić information content (AvgIpc) is 2.66. The molecule has 0 aliphatic carbocycles. The van der Waals surface area contributed by atoms with Gasteiger partial charge in [-0.2, -0.15) is 0 Å². The number of hydrogen-bond donors (Lipinski definition) is 2. The Kier molecular flexibility index (Phi) is 5.92. The number of rotatable bonds is 2. The van der Waals surface area contributed by atoms with Crippen LogP contribution in [0.2, 0.25) is 0 Å². The maximum Gasteiger partial charge on any atom is 0.338 e. The second-order valence-electron chi connectivity index (χ2n) is 8.52. The monoisotopic (exact) mass is 411 g/mol. The van der Waals surface area contributed by atoms with E-state index in [4.69, 9.17) is 9.47 Å². The topological polar surface area (TPSA) is 79.9 Å². The van der Waals surface area contributed by atoms with Gasteiger partial charge in [-0.3, -0.25) is 4.79 Å². The van der Waals surface area contributed by atoms with E-state index in [1.807, 2.05) is 59.7 Å². The van der Waals surface area contributed by atoms with Crippen molar-refractivity contribution >= 4 is 17.6 Å². The largest absolute Gasteiger partial charge is 0.486 e. The van der Waals surface area contributed by atoms with Crippen molar-refractivity contribution in [3.05, 3.63) is 52.6 Å². The van der Waals surface area contributed by atoms with Gasteiger partial charge in [0, 0.05) is 16.8 Å². The molecule has 3 rings (SSSR count). The number of aryl methyl sites for hydroxylation is 2. The fourth-order valence-electron chi connectivity index (χ4n) is 3.39. The minimum atomic E-state index is -0.631. The Labute approximate surface area is 177 Å². The fourth-order valence-corrected chi connectivity index (χ4v) is 3.39. The summed E-state index contributed by atoms with van der Waals surface area (Å²) in [5.74, 6) is 1.01. The molecule has 0 radical (unpaired) electrons. The first kappa shape index (κ1) is 21.5. The maximum atomic E-state index is 13.2. The van der Waals surface area contributed by atoms with Crippen molar-refractivity contribution in [3.63, 3.8) is 0 Å². The van der Waals surface area contributed by atoms with E-state index in [-0.39, 0.29) is 5.91 Å². The summed E-state index contributed by atoms with van der Waals surface area (Å²) in [5.41, 5.74) is 5.94. The molecule has 0 spiro atoms. The molecule has 2 aromatic rings. The Morgan fingerprint density at radius 2 is 1.60 bits per heavy atom. The smallest absolute Gasteiger partial charge is 0.338 e.